The van der Waals surface area contributed by atoms with E-state index in [-0.39, 0.29) is 11.7 Å². The predicted molar refractivity (Wildman–Crippen MR) is 139 cm³/mol. The summed E-state index contributed by atoms with van der Waals surface area (Å²) in [6.45, 7) is 3.90. The summed E-state index contributed by atoms with van der Waals surface area (Å²) in [6.07, 6.45) is 2.20. The largest absolute Gasteiger partial charge is 0.355 e. The molecule has 0 aliphatic heterocycles. The van der Waals surface area contributed by atoms with Crippen LogP contribution in [0.15, 0.2) is 47.6 Å². The number of benzene rings is 2. The fourth-order valence-electron chi connectivity index (χ4n) is 3.93. The van der Waals surface area contributed by atoms with Gasteiger partial charge in [0.05, 0.1) is 12.1 Å². The highest BCUT2D eigenvalue weighted by molar-refractivity contribution is 7.99. The Labute approximate surface area is 209 Å². The lowest BCUT2D eigenvalue weighted by molar-refractivity contribution is -0.121. The van der Waals surface area contributed by atoms with E-state index in [0.717, 1.165) is 47.1 Å². The third-order valence-corrected chi connectivity index (χ3v) is 6.72. The zero-order chi connectivity index (χ0) is 24.8. The van der Waals surface area contributed by atoms with Gasteiger partial charge in [-0.3, -0.25) is 4.79 Å². The molecule has 4 aromatic rings. The molecule has 2 aromatic heterocycles. The van der Waals surface area contributed by atoms with Crippen LogP contribution in [0.2, 0.25) is 0 Å². The first-order chi connectivity index (χ1) is 16.9. The van der Waals surface area contributed by atoms with Gasteiger partial charge >= 0.3 is 0 Å². The van der Waals surface area contributed by atoms with Crippen LogP contribution in [-0.4, -0.2) is 63.5 Å². The number of nitrogens with one attached hydrogen (secondary N) is 1. The maximum Gasteiger partial charge on any atom is 0.220 e. The van der Waals surface area contributed by atoms with E-state index in [9.17, 15) is 9.18 Å². The molecule has 35 heavy (non-hydrogen) atoms. The molecule has 0 fully saturated rings. The number of likely N-dealkylation sites (N-methyl/N-ethyl adjacent to an activating group) is 1. The number of carbonyl (C=O) groups excluding carboxylic acids is 1. The van der Waals surface area contributed by atoms with Gasteiger partial charge in [0, 0.05) is 36.2 Å². The van der Waals surface area contributed by atoms with Crippen LogP contribution < -0.4 is 5.32 Å². The van der Waals surface area contributed by atoms with Crippen molar-refractivity contribution in [1.82, 2.24) is 30.0 Å². The van der Waals surface area contributed by atoms with Gasteiger partial charge in [-0.05, 0) is 52.1 Å². The number of carbonyl (C=O) groups is 1. The summed E-state index contributed by atoms with van der Waals surface area (Å²) in [5, 5.41) is 13.3. The van der Waals surface area contributed by atoms with Gasteiger partial charge in [0.15, 0.2) is 5.65 Å². The van der Waals surface area contributed by atoms with Gasteiger partial charge in [-0.15, -0.1) is 10.2 Å². The summed E-state index contributed by atoms with van der Waals surface area (Å²) < 4.78 is 16.4. The summed E-state index contributed by atoms with van der Waals surface area (Å²) in [5.41, 5.74) is 4.10. The SMILES string of the molecule is Cc1ccc2c(c1)c1nnc(SCCCCC(=O)NCCN(C)C)nc1n2Cc1ccccc1F. The standard InChI is InChI=1S/C26H31FN6OS/c1-18-11-12-22-20(16-18)24-25(33(22)17-19-8-4-5-9-21(19)27)29-26(31-30-24)35-15-7-6-10-23(34)28-13-14-32(2)3/h4-5,8-9,11-12,16H,6-7,10,13-15,17H2,1-3H3,(H,28,34). The smallest absolute Gasteiger partial charge is 0.220 e. The van der Waals surface area contributed by atoms with Crippen LogP contribution in [0.5, 0.6) is 0 Å². The molecule has 1 amide bonds. The van der Waals surface area contributed by atoms with Crippen LogP contribution in [0.3, 0.4) is 0 Å². The van der Waals surface area contributed by atoms with Crippen molar-refractivity contribution in [3.63, 3.8) is 0 Å². The van der Waals surface area contributed by atoms with Gasteiger partial charge < -0.3 is 14.8 Å². The molecule has 0 saturated heterocycles. The molecule has 0 radical (unpaired) electrons. The molecule has 9 heteroatoms. The van der Waals surface area contributed by atoms with Crippen molar-refractivity contribution in [2.24, 2.45) is 0 Å². The number of hydrogen-bond acceptors (Lipinski definition) is 6. The number of halogens is 1. The second-order valence-corrected chi connectivity index (χ2v) is 9.99. The normalized spacial score (nSPS) is 11.6. The second kappa shape index (κ2) is 11.6. The Balaban J connectivity index is 1.45. The molecule has 4 rings (SSSR count). The van der Waals surface area contributed by atoms with Crippen LogP contribution in [0.4, 0.5) is 4.39 Å². The van der Waals surface area contributed by atoms with Crippen molar-refractivity contribution in [3.05, 3.63) is 59.4 Å². The van der Waals surface area contributed by atoms with Crippen molar-refractivity contribution >= 4 is 39.7 Å². The predicted octanol–water partition coefficient (Wildman–Crippen LogP) is 4.42. The van der Waals surface area contributed by atoms with E-state index in [1.807, 2.05) is 48.7 Å². The first-order valence-corrected chi connectivity index (χ1v) is 12.8. The maximum atomic E-state index is 14.4. The van der Waals surface area contributed by atoms with Gasteiger partial charge in [-0.25, -0.2) is 9.37 Å². The Kier molecular flexibility index (Phi) is 8.30. The molecule has 0 unspecified atom stereocenters. The number of rotatable bonds is 11. The third kappa shape index (κ3) is 6.35. The van der Waals surface area contributed by atoms with Crippen molar-refractivity contribution in [1.29, 1.82) is 0 Å². The number of nitrogens with zero attached hydrogens (tertiary/aromatic N) is 5. The van der Waals surface area contributed by atoms with Crippen molar-refractivity contribution in [2.75, 3.05) is 32.9 Å². The van der Waals surface area contributed by atoms with Crippen LogP contribution in [0.25, 0.3) is 22.1 Å². The summed E-state index contributed by atoms with van der Waals surface area (Å²) in [5.74, 6) is 0.645. The Morgan fingerprint density at radius 3 is 2.77 bits per heavy atom. The molecular formula is C26H31FN6OS. The summed E-state index contributed by atoms with van der Waals surface area (Å²) in [7, 11) is 3.97. The van der Waals surface area contributed by atoms with Crippen LogP contribution in [0.1, 0.15) is 30.4 Å². The summed E-state index contributed by atoms with van der Waals surface area (Å²) in [4.78, 5) is 18.8. The molecule has 0 spiro atoms. The molecule has 1 N–H and O–H groups in total. The monoisotopic (exact) mass is 494 g/mol. The average molecular weight is 495 g/mol. The molecule has 184 valence electrons. The maximum absolute atomic E-state index is 14.4. The lowest BCUT2D eigenvalue weighted by atomic mass is 10.1. The Bertz CT molecular complexity index is 1320. The topological polar surface area (TPSA) is 75.9 Å². The molecule has 0 atom stereocenters. The summed E-state index contributed by atoms with van der Waals surface area (Å²) in [6, 6.07) is 13.0. The van der Waals surface area contributed by atoms with Crippen LogP contribution >= 0.6 is 11.8 Å². The minimum absolute atomic E-state index is 0.0872. The van der Waals surface area contributed by atoms with Crippen LogP contribution in [-0.2, 0) is 11.3 Å². The highest BCUT2D eigenvalue weighted by Gasteiger charge is 2.16. The quantitative estimate of drug-likeness (QED) is 0.246. The number of fused-ring (bicyclic) bond motifs is 3. The number of unbranched alkanes of at least 4 members (excludes halogenated alkanes) is 1. The molecule has 0 saturated carbocycles. The third-order valence-electron chi connectivity index (χ3n) is 5.80. The van der Waals surface area contributed by atoms with Gasteiger partial charge in [0.2, 0.25) is 11.1 Å². The molecular weight excluding hydrogens is 463 g/mol. The van der Waals surface area contributed by atoms with Gasteiger partial charge in [-0.1, -0.05) is 41.6 Å². The van der Waals surface area contributed by atoms with Crippen LogP contribution in [0, 0.1) is 12.7 Å². The lowest BCUT2D eigenvalue weighted by Crippen LogP contribution is -2.31. The number of amides is 1. The lowest BCUT2D eigenvalue weighted by Gasteiger charge is -2.10. The Morgan fingerprint density at radius 2 is 1.97 bits per heavy atom. The zero-order valence-electron chi connectivity index (χ0n) is 20.4. The molecule has 2 heterocycles. The molecule has 7 nitrogen and oxygen atoms in total. The number of thioether (sulfide) groups is 1. The van der Waals surface area contributed by atoms with Crippen molar-refractivity contribution in [2.45, 2.75) is 37.9 Å². The number of aromatic nitrogens is 4. The second-order valence-electron chi connectivity index (χ2n) is 8.92. The molecule has 0 aliphatic carbocycles. The fraction of sp³-hybridized carbons (Fsp3) is 0.385. The minimum atomic E-state index is -0.239. The Morgan fingerprint density at radius 1 is 1.14 bits per heavy atom. The van der Waals surface area contributed by atoms with Crippen molar-refractivity contribution < 1.29 is 9.18 Å². The molecule has 0 bridgehead atoms. The van der Waals surface area contributed by atoms with E-state index >= 15 is 0 Å². The van der Waals surface area contributed by atoms with Gasteiger partial charge in [0.1, 0.15) is 11.3 Å². The highest BCUT2D eigenvalue weighted by Crippen LogP contribution is 2.29. The first-order valence-electron chi connectivity index (χ1n) is 11.8. The highest BCUT2D eigenvalue weighted by atomic mass is 32.2. The van der Waals surface area contributed by atoms with E-state index in [0.29, 0.717) is 35.9 Å². The molecule has 0 aliphatic rings. The zero-order valence-corrected chi connectivity index (χ0v) is 21.2. The van der Waals surface area contributed by atoms with Crippen molar-refractivity contribution in [3.8, 4) is 0 Å². The molecule has 2 aromatic carbocycles. The van der Waals surface area contributed by atoms with E-state index in [1.54, 1.807) is 12.1 Å². The number of aryl methyl sites for hydroxylation is 1. The van der Waals surface area contributed by atoms with E-state index in [1.165, 1.54) is 17.8 Å². The van der Waals surface area contributed by atoms with E-state index < -0.39 is 0 Å². The summed E-state index contributed by atoms with van der Waals surface area (Å²) >= 11 is 1.53. The minimum Gasteiger partial charge on any atom is -0.355 e. The van der Waals surface area contributed by atoms with Gasteiger partial charge in [0.25, 0.3) is 0 Å². The fourth-order valence-corrected chi connectivity index (χ4v) is 4.71. The first kappa shape index (κ1) is 25.1. The number of hydrogen-bond donors (Lipinski definition) is 1. The van der Waals surface area contributed by atoms with E-state index in [4.69, 9.17) is 4.98 Å². The Hall–Kier alpha value is -3.04. The van der Waals surface area contributed by atoms with Gasteiger partial charge in [-0.2, -0.15) is 0 Å². The van der Waals surface area contributed by atoms with E-state index in [2.05, 4.69) is 21.6 Å². The average Bonchev–Trinajstić information content (AvgIpc) is 3.12.